The van der Waals surface area contributed by atoms with Crippen LogP contribution in [0.25, 0.3) is 0 Å². The van der Waals surface area contributed by atoms with Crippen molar-refractivity contribution >= 4 is 28.7 Å². The van der Waals surface area contributed by atoms with Crippen LogP contribution in [0.3, 0.4) is 0 Å². The van der Waals surface area contributed by atoms with E-state index < -0.39 is 11.6 Å². The van der Waals surface area contributed by atoms with E-state index in [0.29, 0.717) is 30.6 Å². The number of benzene rings is 2. The number of ketones is 3. The lowest BCUT2D eigenvalue weighted by Crippen LogP contribution is -2.23. The Hall–Kier alpha value is -3.41. The zero-order valence-corrected chi connectivity index (χ0v) is 15.0. The highest BCUT2D eigenvalue weighted by Crippen LogP contribution is 2.40. The lowest BCUT2D eigenvalue weighted by Gasteiger charge is -2.22. The second-order valence-electron chi connectivity index (χ2n) is 6.54. The maximum atomic E-state index is 12.8. The minimum atomic E-state index is -0.428. The average molecular weight is 364 g/mol. The molecule has 2 aromatic rings. The standard InChI is InChI=1S/C21H20N2O4/c1-11(2)15(24)8-5-9-23-14-10-16(25)17-18(19(14)22)21(27)13-7-4-3-6-12(13)20(17)26/h3-4,6-7,10,23,25H,1,5,8-9,22H2,2H3. The molecule has 0 bridgehead atoms. The first-order valence-electron chi connectivity index (χ1n) is 8.59. The van der Waals surface area contributed by atoms with Gasteiger partial charge in [0.1, 0.15) is 5.75 Å². The number of anilines is 2. The first-order valence-corrected chi connectivity index (χ1v) is 8.59. The number of nitrogens with one attached hydrogen (secondary N) is 1. The van der Waals surface area contributed by atoms with Gasteiger partial charge in [0.25, 0.3) is 0 Å². The summed E-state index contributed by atoms with van der Waals surface area (Å²) in [5, 5.41) is 13.4. The first-order chi connectivity index (χ1) is 12.8. The van der Waals surface area contributed by atoms with Crippen molar-refractivity contribution in [1.82, 2.24) is 0 Å². The summed E-state index contributed by atoms with van der Waals surface area (Å²) in [6.45, 7) is 5.69. The van der Waals surface area contributed by atoms with Gasteiger partial charge in [-0.1, -0.05) is 30.8 Å². The number of hydrogen-bond acceptors (Lipinski definition) is 6. The fourth-order valence-corrected chi connectivity index (χ4v) is 3.13. The summed E-state index contributed by atoms with van der Waals surface area (Å²) in [6, 6.07) is 7.80. The zero-order valence-electron chi connectivity index (χ0n) is 15.0. The Kier molecular flexibility index (Phi) is 4.81. The number of carbonyl (C=O) groups excluding carboxylic acids is 3. The highest BCUT2D eigenvalue weighted by atomic mass is 16.3. The van der Waals surface area contributed by atoms with Gasteiger partial charge in [0.05, 0.1) is 22.5 Å². The molecule has 0 radical (unpaired) electrons. The number of hydrogen-bond donors (Lipinski definition) is 3. The predicted molar refractivity (Wildman–Crippen MR) is 103 cm³/mol. The molecule has 2 aromatic carbocycles. The van der Waals surface area contributed by atoms with E-state index in [1.807, 2.05) is 0 Å². The monoisotopic (exact) mass is 364 g/mol. The van der Waals surface area contributed by atoms with E-state index in [1.165, 1.54) is 6.07 Å². The zero-order chi connectivity index (χ0) is 19.7. The molecule has 0 fully saturated rings. The number of nitrogens with two attached hydrogens (primary N) is 1. The van der Waals surface area contributed by atoms with Gasteiger partial charge in [-0.15, -0.1) is 0 Å². The smallest absolute Gasteiger partial charge is 0.198 e. The van der Waals surface area contributed by atoms with Crippen LogP contribution in [0, 0.1) is 0 Å². The number of nitrogen functional groups attached to an aromatic ring is 1. The molecule has 1 aliphatic carbocycles. The van der Waals surface area contributed by atoms with Crippen molar-refractivity contribution in [3.05, 3.63) is 64.7 Å². The molecule has 0 aliphatic heterocycles. The largest absolute Gasteiger partial charge is 0.507 e. The van der Waals surface area contributed by atoms with Gasteiger partial charge in [-0.3, -0.25) is 14.4 Å². The number of rotatable bonds is 6. The molecule has 6 nitrogen and oxygen atoms in total. The molecule has 0 unspecified atom stereocenters. The van der Waals surface area contributed by atoms with Gasteiger partial charge in [-0.25, -0.2) is 0 Å². The summed E-state index contributed by atoms with van der Waals surface area (Å²) < 4.78 is 0. The average Bonchev–Trinajstić information content (AvgIpc) is 2.65. The normalized spacial score (nSPS) is 12.3. The van der Waals surface area contributed by atoms with E-state index in [0.717, 1.165) is 0 Å². The van der Waals surface area contributed by atoms with Crippen molar-refractivity contribution in [3.63, 3.8) is 0 Å². The summed E-state index contributed by atoms with van der Waals surface area (Å²) in [6.07, 6.45) is 0.878. The van der Waals surface area contributed by atoms with E-state index in [-0.39, 0.29) is 39.5 Å². The summed E-state index contributed by atoms with van der Waals surface area (Å²) in [4.78, 5) is 37.1. The van der Waals surface area contributed by atoms with Crippen molar-refractivity contribution in [3.8, 4) is 5.75 Å². The van der Waals surface area contributed by atoms with Gasteiger partial charge in [0.2, 0.25) is 0 Å². The van der Waals surface area contributed by atoms with Crippen LogP contribution >= 0.6 is 0 Å². The summed E-state index contributed by atoms with van der Waals surface area (Å²) in [5.74, 6) is -1.14. The molecular weight excluding hydrogens is 344 g/mol. The predicted octanol–water partition coefficient (Wildman–Crippen LogP) is 3.09. The van der Waals surface area contributed by atoms with Crippen molar-refractivity contribution < 1.29 is 19.5 Å². The van der Waals surface area contributed by atoms with Gasteiger partial charge >= 0.3 is 0 Å². The molecular formula is C21H20N2O4. The molecule has 138 valence electrons. The van der Waals surface area contributed by atoms with Gasteiger partial charge in [-0.05, 0) is 18.9 Å². The molecule has 0 aromatic heterocycles. The number of allylic oxidation sites excluding steroid dienone is 1. The van der Waals surface area contributed by atoms with E-state index in [1.54, 1.807) is 31.2 Å². The number of carbonyl (C=O) groups is 3. The topological polar surface area (TPSA) is 109 Å². The third-order valence-electron chi connectivity index (χ3n) is 4.59. The molecule has 0 spiro atoms. The molecule has 0 heterocycles. The van der Waals surface area contributed by atoms with Crippen LogP contribution in [0.1, 0.15) is 51.6 Å². The summed E-state index contributed by atoms with van der Waals surface area (Å²) in [7, 11) is 0. The third-order valence-corrected chi connectivity index (χ3v) is 4.59. The van der Waals surface area contributed by atoms with Crippen LogP contribution in [-0.2, 0) is 4.79 Å². The Morgan fingerprint density at radius 1 is 1.15 bits per heavy atom. The second kappa shape index (κ2) is 7.07. The molecule has 0 amide bonds. The Morgan fingerprint density at radius 2 is 1.74 bits per heavy atom. The SMILES string of the molecule is C=C(C)C(=O)CCCNc1cc(O)c2c(c1N)C(=O)c1ccccc1C2=O. The van der Waals surface area contributed by atoms with Crippen molar-refractivity contribution in [2.24, 2.45) is 0 Å². The fourth-order valence-electron chi connectivity index (χ4n) is 3.13. The molecule has 3 rings (SSSR count). The van der Waals surface area contributed by atoms with Crippen molar-refractivity contribution in [1.29, 1.82) is 0 Å². The number of phenols is 1. The fraction of sp³-hybridized carbons (Fsp3) is 0.190. The minimum Gasteiger partial charge on any atom is -0.507 e. The van der Waals surface area contributed by atoms with Crippen molar-refractivity contribution in [2.45, 2.75) is 19.8 Å². The van der Waals surface area contributed by atoms with Crippen LogP contribution in [0.4, 0.5) is 11.4 Å². The highest BCUT2D eigenvalue weighted by molar-refractivity contribution is 6.31. The Balaban J connectivity index is 1.89. The Bertz CT molecular complexity index is 992. The maximum absolute atomic E-state index is 12.8. The Labute approximate surface area is 156 Å². The van der Waals surface area contributed by atoms with Crippen LogP contribution in [0.5, 0.6) is 5.75 Å². The molecule has 0 saturated heterocycles. The molecule has 4 N–H and O–H groups in total. The van der Waals surface area contributed by atoms with Gasteiger partial charge in [0.15, 0.2) is 17.3 Å². The van der Waals surface area contributed by atoms with Gasteiger partial charge < -0.3 is 16.2 Å². The summed E-state index contributed by atoms with van der Waals surface area (Å²) >= 11 is 0. The Morgan fingerprint density at radius 3 is 2.33 bits per heavy atom. The molecule has 27 heavy (non-hydrogen) atoms. The third kappa shape index (κ3) is 3.21. The number of fused-ring (bicyclic) bond motifs is 2. The maximum Gasteiger partial charge on any atom is 0.198 e. The van der Waals surface area contributed by atoms with E-state index in [2.05, 4.69) is 11.9 Å². The van der Waals surface area contributed by atoms with Crippen LogP contribution in [0.15, 0.2) is 42.5 Å². The van der Waals surface area contributed by atoms with Crippen LogP contribution in [0.2, 0.25) is 0 Å². The lowest BCUT2D eigenvalue weighted by atomic mass is 9.82. The first kappa shape index (κ1) is 18.4. The van der Waals surface area contributed by atoms with E-state index in [4.69, 9.17) is 5.73 Å². The molecule has 1 aliphatic rings. The number of Topliss-reactive ketones (excluding diaryl/α,β-unsaturated/α-hetero) is 1. The number of phenolic OH excluding ortho intramolecular Hbond substituents is 1. The number of aromatic hydroxyl groups is 1. The second-order valence-corrected chi connectivity index (χ2v) is 6.54. The molecule has 0 atom stereocenters. The molecule has 6 heteroatoms. The van der Waals surface area contributed by atoms with E-state index in [9.17, 15) is 19.5 Å². The quantitative estimate of drug-likeness (QED) is 0.268. The van der Waals surface area contributed by atoms with Crippen molar-refractivity contribution in [2.75, 3.05) is 17.6 Å². The van der Waals surface area contributed by atoms with Gasteiger partial charge in [0, 0.05) is 30.2 Å². The van der Waals surface area contributed by atoms with Gasteiger partial charge in [-0.2, -0.15) is 0 Å². The van der Waals surface area contributed by atoms with Crippen LogP contribution in [-0.4, -0.2) is 29.0 Å². The van der Waals surface area contributed by atoms with Crippen LogP contribution < -0.4 is 11.1 Å². The lowest BCUT2D eigenvalue weighted by molar-refractivity contribution is -0.115. The minimum absolute atomic E-state index is 0.0132. The summed E-state index contributed by atoms with van der Waals surface area (Å²) in [5.41, 5.74) is 7.58. The highest BCUT2D eigenvalue weighted by Gasteiger charge is 2.34. The molecule has 0 saturated carbocycles. The van der Waals surface area contributed by atoms with E-state index >= 15 is 0 Å².